The normalized spacial score (nSPS) is 10.2. The van der Waals surface area contributed by atoms with Crippen LogP contribution < -0.4 is 5.32 Å². The van der Waals surface area contributed by atoms with Gasteiger partial charge >= 0.3 is 0 Å². The van der Waals surface area contributed by atoms with Crippen LogP contribution >= 0.6 is 15.9 Å². The molecular formula is C10H13BrFNO. The van der Waals surface area contributed by atoms with Crippen LogP contribution in [0.1, 0.15) is 12.8 Å². The first-order valence-electron chi connectivity index (χ1n) is 4.54. The van der Waals surface area contributed by atoms with E-state index in [0.717, 1.165) is 29.5 Å². The number of hydrogen-bond donors (Lipinski definition) is 2. The smallest absolute Gasteiger partial charge is 0.124 e. The molecule has 2 nitrogen and oxygen atoms in total. The quantitative estimate of drug-likeness (QED) is 0.800. The molecule has 0 aliphatic carbocycles. The molecule has 0 aliphatic rings. The van der Waals surface area contributed by atoms with Crippen molar-refractivity contribution in [2.45, 2.75) is 12.8 Å². The summed E-state index contributed by atoms with van der Waals surface area (Å²) in [5, 5.41) is 11.7. The molecule has 1 aromatic carbocycles. The van der Waals surface area contributed by atoms with Gasteiger partial charge in [0.15, 0.2) is 0 Å². The van der Waals surface area contributed by atoms with E-state index in [1.54, 1.807) is 6.07 Å². The van der Waals surface area contributed by atoms with Gasteiger partial charge in [-0.3, -0.25) is 0 Å². The Bertz CT molecular complexity index is 293. The second-order valence-electron chi connectivity index (χ2n) is 2.98. The summed E-state index contributed by atoms with van der Waals surface area (Å²) in [4.78, 5) is 0. The average molecular weight is 262 g/mol. The molecule has 1 rings (SSSR count). The molecule has 0 radical (unpaired) electrons. The third-order valence-electron chi connectivity index (χ3n) is 1.83. The average Bonchev–Trinajstić information content (AvgIpc) is 2.15. The molecule has 0 atom stereocenters. The van der Waals surface area contributed by atoms with E-state index in [2.05, 4.69) is 21.2 Å². The van der Waals surface area contributed by atoms with Gasteiger partial charge in [-0.2, -0.15) is 0 Å². The second kappa shape index (κ2) is 5.98. The summed E-state index contributed by atoms with van der Waals surface area (Å²) < 4.78 is 13.4. The van der Waals surface area contributed by atoms with Crippen LogP contribution in [0.15, 0.2) is 22.7 Å². The van der Waals surface area contributed by atoms with Crippen molar-refractivity contribution in [1.29, 1.82) is 0 Å². The largest absolute Gasteiger partial charge is 0.396 e. The Morgan fingerprint density at radius 2 is 2.14 bits per heavy atom. The molecule has 2 N–H and O–H groups in total. The van der Waals surface area contributed by atoms with E-state index >= 15 is 0 Å². The highest BCUT2D eigenvalue weighted by Crippen LogP contribution is 2.22. The van der Waals surface area contributed by atoms with Crippen LogP contribution in [-0.2, 0) is 0 Å². The monoisotopic (exact) mass is 261 g/mol. The number of rotatable bonds is 5. The van der Waals surface area contributed by atoms with Crippen molar-refractivity contribution in [1.82, 2.24) is 0 Å². The van der Waals surface area contributed by atoms with Crippen molar-refractivity contribution in [3.8, 4) is 0 Å². The molecule has 0 aliphatic heterocycles. The minimum absolute atomic E-state index is 0.215. The molecule has 14 heavy (non-hydrogen) atoms. The summed E-state index contributed by atoms with van der Waals surface area (Å²) in [6.07, 6.45) is 1.69. The van der Waals surface area contributed by atoms with Gasteiger partial charge < -0.3 is 10.4 Å². The minimum atomic E-state index is -0.252. The Morgan fingerprint density at radius 1 is 1.36 bits per heavy atom. The Kier molecular flexibility index (Phi) is 4.90. The van der Waals surface area contributed by atoms with Crippen molar-refractivity contribution in [3.63, 3.8) is 0 Å². The van der Waals surface area contributed by atoms with Crippen molar-refractivity contribution >= 4 is 21.6 Å². The highest BCUT2D eigenvalue weighted by atomic mass is 79.9. The lowest BCUT2D eigenvalue weighted by molar-refractivity contribution is 0.286. The number of hydrogen-bond acceptors (Lipinski definition) is 2. The summed E-state index contributed by atoms with van der Waals surface area (Å²) in [6.45, 7) is 0.997. The SMILES string of the molecule is OCCCCNc1ccc(F)cc1Br. The fourth-order valence-corrected chi connectivity index (χ4v) is 1.58. The molecule has 0 saturated heterocycles. The molecule has 0 spiro atoms. The lowest BCUT2D eigenvalue weighted by atomic mass is 10.3. The lowest BCUT2D eigenvalue weighted by Gasteiger charge is -2.07. The number of aliphatic hydroxyl groups excluding tert-OH is 1. The molecule has 0 amide bonds. The standard InChI is InChI=1S/C10H13BrFNO/c11-9-7-8(12)3-4-10(9)13-5-1-2-6-14/h3-4,7,13-14H,1-2,5-6H2. The van der Waals surface area contributed by atoms with Gasteiger partial charge in [-0.05, 0) is 47.0 Å². The van der Waals surface area contributed by atoms with Gasteiger partial charge in [0.05, 0.1) is 0 Å². The Balaban J connectivity index is 2.42. The Hall–Kier alpha value is -0.610. The van der Waals surface area contributed by atoms with Gasteiger partial charge in [0.1, 0.15) is 5.82 Å². The fraction of sp³-hybridized carbons (Fsp3) is 0.400. The van der Waals surface area contributed by atoms with Crippen LogP contribution in [0.5, 0.6) is 0 Å². The van der Waals surface area contributed by atoms with Crippen LogP contribution in [0, 0.1) is 5.82 Å². The van der Waals surface area contributed by atoms with E-state index in [1.807, 2.05) is 0 Å². The zero-order valence-corrected chi connectivity index (χ0v) is 9.35. The van der Waals surface area contributed by atoms with E-state index in [4.69, 9.17) is 5.11 Å². The predicted octanol–water partition coefficient (Wildman–Crippen LogP) is 2.77. The van der Waals surface area contributed by atoms with Gasteiger partial charge in [-0.25, -0.2) is 4.39 Å². The number of halogens is 2. The predicted molar refractivity (Wildman–Crippen MR) is 58.9 cm³/mol. The molecule has 0 bridgehead atoms. The molecule has 0 unspecified atom stereocenters. The number of benzene rings is 1. The maximum atomic E-state index is 12.7. The summed E-state index contributed by atoms with van der Waals surface area (Å²) in [6, 6.07) is 4.53. The van der Waals surface area contributed by atoms with Gasteiger partial charge in [-0.15, -0.1) is 0 Å². The lowest BCUT2D eigenvalue weighted by Crippen LogP contribution is -2.02. The van der Waals surface area contributed by atoms with Crippen molar-refractivity contribution in [3.05, 3.63) is 28.5 Å². The topological polar surface area (TPSA) is 32.3 Å². The third kappa shape index (κ3) is 3.64. The van der Waals surface area contributed by atoms with Crippen LogP contribution in [0.25, 0.3) is 0 Å². The van der Waals surface area contributed by atoms with Gasteiger partial charge in [0.25, 0.3) is 0 Å². The zero-order chi connectivity index (χ0) is 10.4. The van der Waals surface area contributed by atoms with Gasteiger partial charge in [-0.1, -0.05) is 0 Å². The molecule has 4 heteroatoms. The van der Waals surface area contributed by atoms with E-state index in [-0.39, 0.29) is 12.4 Å². The number of anilines is 1. The first-order valence-corrected chi connectivity index (χ1v) is 5.33. The summed E-state index contributed by atoms with van der Waals surface area (Å²) in [5.74, 6) is -0.252. The molecule has 0 heterocycles. The van der Waals surface area contributed by atoms with Gasteiger partial charge in [0.2, 0.25) is 0 Å². The van der Waals surface area contributed by atoms with Crippen molar-refractivity contribution in [2.75, 3.05) is 18.5 Å². The Morgan fingerprint density at radius 3 is 2.79 bits per heavy atom. The second-order valence-corrected chi connectivity index (χ2v) is 3.84. The molecular weight excluding hydrogens is 249 g/mol. The highest BCUT2D eigenvalue weighted by Gasteiger charge is 1.99. The molecule has 0 saturated carbocycles. The number of nitrogens with one attached hydrogen (secondary N) is 1. The maximum absolute atomic E-state index is 12.7. The van der Waals surface area contributed by atoms with Crippen molar-refractivity contribution in [2.24, 2.45) is 0 Å². The van der Waals surface area contributed by atoms with Crippen LogP contribution in [0.2, 0.25) is 0 Å². The molecule has 78 valence electrons. The maximum Gasteiger partial charge on any atom is 0.124 e. The fourth-order valence-electron chi connectivity index (χ4n) is 1.09. The van der Waals surface area contributed by atoms with E-state index in [1.165, 1.54) is 12.1 Å². The Labute approximate surface area is 91.3 Å². The summed E-state index contributed by atoms with van der Waals surface area (Å²) in [5.41, 5.74) is 0.879. The van der Waals surface area contributed by atoms with Crippen LogP contribution in [0.4, 0.5) is 10.1 Å². The molecule has 1 aromatic rings. The number of aliphatic hydroxyl groups is 1. The van der Waals surface area contributed by atoms with Crippen LogP contribution in [0.3, 0.4) is 0 Å². The molecule has 0 fully saturated rings. The van der Waals surface area contributed by atoms with E-state index in [0.29, 0.717) is 0 Å². The zero-order valence-electron chi connectivity index (χ0n) is 7.76. The highest BCUT2D eigenvalue weighted by molar-refractivity contribution is 9.10. The van der Waals surface area contributed by atoms with Crippen molar-refractivity contribution < 1.29 is 9.50 Å². The third-order valence-corrected chi connectivity index (χ3v) is 2.49. The number of unbranched alkanes of at least 4 members (excludes halogenated alkanes) is 1. The first kappa shape index (κ1) is 11.5. The first-order chi connectivity index (χ1) is 6.74. The molecule has 0 aromatic heterocycles. The van der Waals surface area contributed by atoms with E-state index < -0.39 is 0 Å². The van der Waals surface area contributed by atoms with Crippen LogP contribution in [-0.4, -0.2) is 18.3 Å². The minimum Gasteiger partial charge on any atom is -0.396 e. The summed E-state index contributed by atoms with van der Waals surface area (Å²) in [7, 11) is 0. The summed E-state index contributed by atoms with van der Waals surface area (Å²) >= 11 is 3.26. The van der Waals surface area contributed by atoms with E-state index in [9.17, 15) is 4.39 Å². The van der Waals surface area contributed by atoms with Gasteiger partial charge in [0, 0.05) is 23.3 Å².